The first-order valence-corrected chi connectivity index (χ1v) is 8.51. The number of carbonyl (C=O) groups is 1. The minimum atomic E-state index is 0.0430. The van der Waals surface area contributed by atoms with Gasteiger partial charge in [-0.05, 0) is 44.9 Å². The summed E-state index contributed by atoms with van der Waals surface area (Å²) in [7, 11) is 0. The zero-order valence-corrected chi connectivity index (χ0v) is 13.0. The van der Waals surface area contributed by atoms with Crippen molar-refractivity contribution in [2.45, 2.75) is 56.5 Å². The van der Waals surface area contributed by atoms with Crippen molar-refractivity contribution in [1.29, 1.82) is 0 Å². The lowest BCUT2D eigenvalue weighted by Gasteiger charge is -2.26. The van der Waals surface area contributed by atoms with Gasteiger partial charge < -0.3 is 9.64 Å². The molecule has 1 atom stereocenters. The molecule has 0 unspecified atom stereocenters. The van der Waals surface area contributed by atoms with Crippen molar-refractivity contribution in [2.75, 3.05) is 19.7 Å². The summed E-state index contributed by atoms with van der Waals surface area (Å²) in [5.74, 6) is 1.49. The zero-order valence-electron chi connectivity index (χ0n) is 13.0. The van der Waals surface area contributed by atoms with Crippen LogP contribution in [0.15, 0.2) is 12.4 Å². The third-order valence-corrected chi connectivity index (χ3v) is 5.23. The second kappa shape index (κ2) is 5.61. The van der Waals surface area contributed by atoms with Gasteiger partial charge in [0.05, 0.1) is 11.2 Å². The molecule has 3 aliphatic rings. The lowest BCUT2D eigenvalue weighted by atomic mass is 9.92. The van der Waals surface area contributed by atoms with E-state index in [0.29, 0.717) is 11.5 Å². The molecular weight excluding hydrogens is 278 g/mol. The number of aromatic nitrogens is 2. The Morgan fingerprint density at radius 1 is 1.14 bits per heavy atom. The van der Waals surface area contributed by atoms with Crippen molar-refractivity contribution in [3.05, 3.63) is 23.8 Å². The first kappa shape index (κ1) is 14.1. The fourth-order valence-electron chi connectivity index (χ4n) is 3.70. The van der Waals surface area contributed by atoms with Gasteiger partial charge in [0.25, 0.3) is 5.91 Å². The molecule has 2 saturated heterocycles. The van der Waals surface area contributed by atoms with Crippen LogP contribution in [0.4, 0.5) is 0 Å². The summed E-state index contributed by atoms with van der Waals surface area (Å²) < 4.78 is 5.98. The van der Waals surface area contributed by atoms with Gasteiger partial charge in [-0.1, -0.05) is 0 Å². The largest absolute Gasteiger partial charge is 0.375 e. The Bertz CT molecular complexity index is 548. The number of ether oxygens (including phenoxy) is 1. The maximum Gasteiger partial charge on any atom is 0.256 e. The van der Waals surface area contributed by atoms with E-state index in [-0.39, 0.29) is 11.5 Å². The van der Waals surface area contributed by atoms with E-state index in [1.807, 2.05) is 4.90 Å². The van der Waals surface area contributed by atoms with Gasteiger partial charge in [-0.25, -0.2) is 9.97 Å². The zero-order chi connectivity index (χ0) is 15.0. The fraction of sp³-hybridized carbons (Fsp3) is 0.706. The van der Waals surface area contributed by atoms with Crippen molar-refractivity contribution in [3.63, 3.8) is 0 Å². The molecule has 4 rings (SSSR count). The molecule has 0 bridgehead atoms. The van der Waals surface area contributed by atoms with Crippen LogP contribution in [0.3, 0.4) is 0 Å². The summed E-state index contributed by atoms with van der Waals surface area (Å²) >= 11 is 0. The molecule has 0 N–H and O–H groups in total. The molecule has 3 fully saturated rings. The average molecular weight is 301 g/mol. The second-order valence-corrected chi connectivity index (χ2v) is 6.88. The third kappa shape index (κ3) is 2.74. The topological polar surface area (TPSA) is 55.3 Å². The van der Waals surface area contributed by atoms with Gasteiger partial charge in [-0.15, -0.1) is 0 Å². The first-order valence-electron chi connectivity index (χ1n) is 8.51. The van der Waals surface area contributed by atoms with Gasteiger partial charge >= 0.3 is 0 Å². The van der Waals surface area contributed by atoms with Crippen LogP contribution in [0.5, 0.6) is 0 Å². The van der Waals surface area contributed by atoms with Crippen LogP contribution in [0.2, 0.25) is 0 Å². The smallest absolute Gasteiger partial charge is 0.256 e. The molecule has 1 aromatic heterocycles. The van der Waals surface area contributed by atoms with Crippen molar-refractivity contribution in [1.82, 2.24) is 14.9 Å². The number of carbonyl (C=O) groups excluding carboxylic acids is 1. The monoisotopic (exact) mass is 301 g/mol. The Kier molecular flexibility index (Phi) is 3.60. The van der Waals surface area contributed by atoms with Gasteiger partial charge in [0.2, 0.25) is 0 Å². The molecule has 5 heteroatoms. The Labute approximate surface area is 131 Å². The van der Waals surface area contributed by atoms with Crippen LogP contribution in [0, 0.1) is 0 Å². The molecule has 5 nitrogen and oxygen atoms in total. The molecule has 22 heavy (non-hydrogen) atoms. The fourth-order valence-corrected chi connectivity index (χ4v) is 3.70. The summed E-state index contributed by atoms with van der Waals surface area (Å²) in [6.07, 6.45) is 11.1. The predicted molar refractivity (Wildman–Crippen MR) is 81.7 cm³/mol. The molecule has 1 saturated carbocycles. The Morgan fingerprint density at radius 2 is 1.91 bits per heavy atom. The quantitative estimate of drug-likeness (QED) is 0.842. The van der Waals surface area contributed by atoms with E-state index in [0.717, 1.165) is 57.6 Å². The van der Waals surface area contributed by atoms with Crippen molar-refractivity contribution >= 4 is 5.91 Å². The molecule has 0 aromatic carbocycles. The van der Waals surface area contributed by atoms with E-state index in [1.54, 1.807) is 12.4 Å². The summed E-state index contributed by atoms with van der Waals surface area (Å²) in [6, 6.07) is 0. The van der Waals surface area contributed by atoms with Crippen LogP contribution in [0.25, 0.3) is 0 Å². The minimum Gasteiger partial charge on any atom is -0.375 e. The van der Waals surface area contributed by atoms with Crippen LogP contribution >= 0.6 is 0 Å². The van der Waals surface area contributed by atoms with Gasteiger partial charge in [0, 0.05) is 38.0 Å². The van der Waals surface area contributed by atoms with Crippen LogP contribution < -0.4 is 0 Å². The number of amides is 1. The van der Waals surface area contributed by atoms with E-state index >= 15 is 0 Å². The summed E-state index contributed by atoms with van der Waals surface area (Å²) in [4.78, 5) is 23.3. The standard InChI is InChI=1S/C17H23N3O2/c21-16(14-11-18-15(19-12-14)13-3-4-13)20-8-1-5-17(7-9-20)6-2-10-22-17/h11-13H,1-10H2/t17-/m1/s1. The van der Waals surface area contributed by atoms with Crippen LogP contribution in [-0.2, 0) is 4.74 Å². The van der Waals surface area contributed by atoms with Crippen LogP contribution in [0.1, 0.15) is 67.0 Å². The lowest BCUT2D eigenvalue weighted by Crippen LogP contribution is -2.34. The highest BCUT2D eigenvalue weighted by Gasteiger charge is 2.37. The molecule has 2 aliphatic heterocycles. The summed E-state index contributed by atoms with van der Waals surface area (Å²) in [5.41, 5.74) is 0.661. The first-order chi connectivity index (χ1) is 10.8. The number of rotatable bonds is 2. The minimum absolute atomic E-state index is 0.0430. The highest BCUT2D eigenvalue weighted by atomic mass is 16.5. The van der Waals surface area contributed by atoms with Crippen molar-refractivity contribution in [3.8, 4) is 0 Å². The number of hydrogen-bond acceptors (Lipinski definition) is 4. The van der Waals surface area contributed by atoms with Crippen molar-refractivity contribution in [2.24, 2.45) is 0 Å². The van der Waals surface area contributed by atoms with E-state index in [1.165, 1.54) is 12.8 Å². The highest BCUT2D eigenvalue weighted by Crippen LogP contribution is 2.38. The predicted octanol–water partition coefficient (Wildman–Crippen LogP) is 2.53. The normalized spacial score (nSPS) is 28.8. The van der Waals surface area contributed by atoms with Crippen LogP contribution in [-0.4, -0.2) is 46.1 Å². The van der Waals surface area contributed by atoms with Gasteiger partial charge in [-0.2, -0.15) is 0 Å². The molecule has 3 heterocycles. The SMILES string of the molecule is O=C(c1cnc(C2CC2)nc1)N1CCC[C@@]2(CCCO2)CC1. The molecular formula is C17H23N3O2. The van der Waals surface area contributed by atoms with Gasteiger partial charge in [-0.3, -0.25) is 4.79 Å². The maximum absolute atomic E-state index is 12.7. The third-order valence-electron chi connectivity index (χ3n) is 5.23. The summed E-state index contributed by atoms with van der Waals surface area (Å²) in [5, 5.41) is 0. The Balaban J connectivity index is 1.43. The van der Waals surface area contributed by atoms with E-state index in [4.69, 9.17) is 4.74 Å². The number of nitrogens with zero attached hydrogens (tertiary/aromatic N) is 3. The second-order valence-electron chi connectivity index (χ2n) is 6.88. The van der Waals surface area contributed by atoms with Gasteiger partial charge in [0.1, 0.15) is 5.82 Å². The highest BCUT2D eigenvalue weighted by molar-refractivity contribution is 5.93. The molecule has 1 aromatic rings. The molecule has 1 spiro atoms. The van der Waals surface area contributed by atoms with E-state index in [9.17, 15) is 4.79 Å². The number of hydrogen-bond donors (Lipinski definition) is 0. The Morgan fingerprint density at radius 3 is 2.59 bits per heavy atom. The molecule has 1 aliphatic carbocycles. The van der Waals surface area contributed by atoms with E-state index < -0.39 is 0 Å². The van der Waals surface area contributed by atoms with Crippen molar-refractivity contribution < 1.29 is 9.53 Å². The van der Waals surface area contributed by atoms with Gasteiger partial charge in [0.15, 0.2) is 0 Å². The molecule has 118 valence electrons. The maximum atomic E-state index is 12.7. The lowest BCUT2D eigenvalue weighted by molar-refractivity contribution is -0.00691. The Hall–Kier alpha value is -1.49. The summed E-state index contributed by atoms with van der Waals surface area (Å²) in [6.45, 7) is 2.47. The molecule has 1 amide bonds. The van der Waals surface area contributed by atoms with E-state index in [2.05, 4.69) is 9.97 Å². The number of likely N-dealkylation sites (tertiary alicyclic amines) is 1. The molecule has 0 radical (unpaired) electrons. The average Bonchev–Trinajstić information content (AvgIpc) is 3.32.